The third kappa shape index (κ3) is 2.51. The number of aromatic nitrogens is 2. The fourth-order valence-corrected chi connectivity index (χ4v) is 2.33. The topological polar surface area (TPSA) is 60.9 Å². The van der Waals surface area contributed by atoms with Crippen molar-refractivity contribution in [2.24, 2.45) is 0 Å². The average Bonchev–Trinajstić information content (AvgIpc) is 2.95. The van der Waals surface area contributed by atoms with Crippen LogP contribution >= 0.6 is 0 Å². The van der Waals surface area contributed by atoms with Crippen LogP contribution in [0.1, 0.15) is 24.1 Å². The second-order valence-electron chi connectivity index (χ2n) is 4.94. The van der Waals surface area contributed by atoms with E-state index in [-0.39, 0.29) is 12.6 Å². The van der Waals surface area contributed by atoms with Crippen LogP contribution in [0.15, 0.2) is 48.7 Å². The van der Waals surface area contributed by atoms with Crippen LogP contribution in [-0.4, -0.2) is 15.3 Å². The van der Waals surface area contributed by atoms with Gasteiger partial charge in [-0.25, -0.2) is 0 Å². The summed E-state index contributed by atoms with van der Waals surface area (Å²) in [7, 11) is 0. The van der Waals surface area contributed by atoms with Crippen molar-refractivity contribution in [1.82, 2.24) is 10.2 Å². The molecule has 0 bridgehead atoms. The quantitative estimate of drug-likeness (QED) is 0.680. The smallest absolute Gasteiger partial charge is 0.0681 e. The maximum absolute atomic E-state index is 9.20. The summed E-state index contributed by atoms with van der Waals surface area (Å²) in [6.07, 6.45) is 1.82. The number of rotatable bonds is 4. The molecule has 2 aromatic carbocycles. The number of hydrogen-bond donors (Lipinski definition) is 3. The van der Waals surface area contributed by atoms with Crippen molar-refractivity contribution in [2.75, 3.05) is 5.32 Å². The van der Waals surface area contributed by atoms with Gasteiger partial charge in [0.2, 0.25) is 0 Å². The summed E-state index contributed by atoms with van der Waals surface area (Å²) < 4.78 is 0. The van der Waals surface area contributed by atoms with Crippen LogP contribution in [0.25, 0.3) is 10.9 Å². The molecule has 1 aromatic heterocycles. The molecule has 0 amide bonds. The summed E-state index contributed by atoms with van der Waals surface area (Å²) in [5, 5.41) is 20.7. The van der Waals surface area contributed by atoms with Crippen molar-refractivity contribution >= 4 is 16.6 Å². The molecule has 0 aliphatic carbocycles. The minimum Gasteiger partial charge on any atom is -0.392 e. The minimum atomic E-state index is 0.0710. The molecule has 1 heterocycles. The van der Waals surface area contributed by atoms with Crippen LogP contribution in [0, 0.1) is 0 Å². The van der Waals surface area contributed by atoms with Crippen LogP contribution < -0.4 is 5.32 Å². The first-order valence-electron chi connectivity index (χ1n) is 6.65. The highest BCUT2D eigenvalue weighted by Crippen LogP contribution is 2.23. The molecule has 0 fully saturated rings. The van der Waals surface area contributed by atoms with E-state index in [1.807, 2.05) is 36.5 Å². The summed E-state index contributed by atoms with van der Waals surface area (Å²) in [4.78, 5) is 0. The Labute approximate surface area is 117 Å². The largest absolute Gasteiger partial charge is 0.392 e. The number of aromatic amines is 1. The molecule has 0 saturated carbocycles. The van der Waals surface area contributed by atoms with Crippen molar-refractivity contribution in [3.63, 3.8) is 0 Å². The standard InChI is InChI=1S/C16H17N3O/c1-11(13-4-2-3-12(7-13)10-20)18-15-5-6-16-14(8-15)9-17-19-16/h2-9,11,18,20H,10H2,1H3,(H,17,19). The first-order chi connectivity index (χ1) is 9.76. The Morgan fingerprint density at radius 3 is 3.00 bits per heavy atom. The zero-order valence-corrected chi connectivity index (χ0v) is 11.3. The van der Waals surface area contributed by atoms with E-state index in [1.54, 1.807) is 0 Å². The Morgan fingerprint density at radius 2 is 2.15 bits per heavy atom. The Hall–Kier alpha value is -2.33. The third-order valence-electron chi connectivity index (χ3n) is 3.46. The van der Waals surface area contributed by atoms with E-state index in [0.717, 1.165) is 27.7 Å². The number of fused-ring (bicyclic) bond motifs is 1. The zero-order valence-electron chi connectivity index (χ0n) is 11.3. The molecule has 20 heavy (non-hydrogen) atoms. The second-order valence-corrected chi connectivity index (χ2v) is 4.94. The maximum Gasteiger partial charge on any atom is 0.0681 e. The van der Waals surface area contributed by atoms with Crippen LogP contribution in [0.2, 0.25) is 0 Å². The van der Waals surface area contributed by atoms with Gasteiger partial charge in [0.15, 0.2) is 0 Å². The summed E-state index contributed by atoms with van der Waals surface area (Å²) in [5.74, 6) is 0. The lowest BCUT2D eigenvalue weighted by Crippen LogP contribution is -2.06. The normalized spacial score (nSPS) is 12.5. The Kier molecular flexibility index (Phi) is 3.39. The van der Waals surface area contributed by atoms with E-state index >= 15 is 0 Å². The number of nitrogens with zero attached hydrogens (tertiary/aromatic N) is 1. The molecule has 0 aliphatic heterocycles. The van der Waals surface area contributed by atoms with Gasteiger partial charge in [-0.3, -0.25) is 5.10 Å². The van der Waals surface area contributed by atoms with E-state index < -0.39 is 0 Å². The van der Waals surface area contributed by atoms with Gasteiger partial charge in [-0.05, 0) is 36.2 Å². The highest BCUT2D eigenvalue weighted by Gasteiger charge is 2.06. The minimum absolute atomic E-state index is 0.0710. The lowest BCUT2D eigenvalue weighted by atomic mass is 10.0. The molecule has 3 rings (SSSR count). The van der Waals surface area contributed by atoms with Crippen molar-refractivity contribution < 1.29 is 5.11 Å². The van der Waals surface area contributed by atoms with Crippen LogP contribution in [-0.2, 0) is 6.61 Å². The molecule has 3 N–H and O–H groups in total. The fourth-order valence-electron chi connectivity index (χ4n) is 2.33. The van der Waals surface area contributed by atoms with Gasteiger partial charge >= 0.3 is 0 Å². The van der Waals surface area contributed by atoms with Crippen molar-refractivity contribution in [1.29, 1.82) is 0 Å². The molecule has 1 atom stereocenters. The number of benzene rings is 2. The lowest BCUT2D eigenvalue weighted by molar-refractivity contribution is 0.281. The SMILES string of the molecule is CC(Nc1ccc2[nH]ncc2c1)c1cccc(CO)c1. The second kappa shape index (κ2) is 5.35. The van der Waals surface area contributed by atoms with E-state index in [0.29, 0.717) is 0 Å². The number of anilines is 1. The van der Waals surface area contributed by atoms with E-state index in [4.69, 9.17) is 0 Å². The molecule has 1 unspecified atom stereocenters. The van der Waals surface area contributed by atoms with Crippen molar-refractivity contribution in [2.45, 2.75) is 19.6 Å². The zero-order chi connectivity index (χ0) is 13.9. The molecule has 0 spiro atoms. The Bertz CT molecular complexity index is 720. The Balaban J connectivity index is 1.81. The van der Waals surface area contributed by atoms with Gasteiger partial charge in [-0.15, -0.1) is 0 Å². The predicted molar refractivity (Wildman–Crippen MR) is 80.5 cm³/mol. The molecule has 0 aliphatic rings. The number of hydrogen-bond acceptors (Lipinski definition) is 3. The van der Waals surface area contributed by atoms with E-state index in [2.05, 4.69) is 34.6 Å². The predicted octanol–water partition coefficient (Wildman–Crippen LogP) is 3.23. The van der Waals surface area contributed by atoms with Crippen LogP contribution in [0.4, 0.5) is 5.69 Å². The molecule has 0 radical (unpaired) electrons. The first kappa shape index (κ1) is 12.7. The van der Waals surface area contributed by atoms with Gasteiger partial charge < -0.3 is 10.4 Å². The molecule has 4 nitrogen and oxygen atoms in total. The van der Waals surface area contributed by atoms with Gasteiger partial charge in [0.25, 0.3) is 0 Å². The number of aliphatic hydroxyl groups is 1. The Morgan fingerprint density at radius 1 is 1.25 bits per heavy atom. The lowest BCUT2D eigenvalue weighted by Gasteiger charge is -2.16. The average molecular weight is 267 g/mol. The van der Waals surface area contributed by atoms with E-state index in [1.165, 1.54) is 0 Å². The summed E-state index contributed by atoms with van der Waals surface area (Å²) >= 11 is 0. The highest BCUT2D eigenvalue weighted by atomic mass is 16.3. The van der Waals surface area contributed by atoms with Gasteiger partial charge in [-0.1, -0.05) is 24.3 Å². The monoisotopic (exact) mass is 267 g/mol. The van der Waals surface area contributed by atoms with Crippen LogP contribution in [0.3, 0.4) is 0 Å². The molecule has 4 heteroatoms. The number of nitrogens with one attached hydrogen (secondary N) is 2. The number of H-pyrrole nitrogens is 1. The summed E-state index contributed by atoms with van der Waals surface area (Å²) in [5.41, 5.74) is 4.18. The van der Waals surface area contributed by atoms with Crippen molar-refractivity contribution in [3.05, 3.63) is 59.8 Å². The van der Waals surface area contributed by atoms with E-state index in [9.17, 15) is 5.11 Å². The van der Waals surface area contributed by atoms with Gasteiger partial charge in [0.05, 0.1) is 18.3 Å². The van der Waals surface area contributed by atoms with Crippen LogP contribution in [0.5, 0.6) is 0 Å². The summed E-state index contributed by atoms with van der Waals surface area (Å²) in [6.45, 7) is 2.18. The van der Waals surface area contributed by atoms with Gasteiger partial charge in [0.1, 0.15) is 0 Å². The van der Waals surface area contributed by atoms with Gasteiger partial charge in [0, 0.05) is 17.1 Å². The highest BCUT2D eigenvalue weighted by molar-refractivity contribution is 5.81. The summed E-state index contributed by atoms with van der Waals surface area (Å²) in [6, 6.07) is 14.3. The maximum atomic E-state index is 9.20. The number of aliphatic hydroxyl groups excluding tert-OH is 1. The van der Waals surface area contributed by atoms with Crippen molar-refractivity contribution in [3.8, 4) is 0 Å². The van der Waals surface area contributed by atoms with Gasteiger partial charge in [-0.2, -0.15) is 5.10 Å². The molecular formula is C16H17N3O. The first-order valence-corrected chi connectivity index (χ1v) is 6.65. The fraction of sp³-hybridized carbons (Fsp3) is 0.188. The third-order valence-corrected chi connectivity index (χ3v) is 3.46. The molecule has 3 aromatic rings. The molecule has 102 valence electrons. The molecule has 0 saturated heterocycles. The molecular weight excluding hydrogens is 250 g/mol.